The highest BCUT2D eigenvalue weighted by molar-refractivity contribution is 5.28. The van der Waals surface area contributed by atoms with Crippen LogP contribution in [0.1, 0.15) is 37.4 Å². The van der Waals surface area contributed by atoms with Gasteiger partial charge in [0.15, 0.2) is 0 Å². The van der Waals surface area contributed by atoms with Gasteiger partial charge in [-0.2, -0.15) is 0 Å². The van der Waals surface area contributed by atoms with Gasteiger partial charge in [-0.05, 0) is 36.9 Å². The molecule has 0 aliphatic rings. The average Bonchev–Trinajstić information content (AvgIpc) is 2.29. The van der Waals surface area contributed by atoms with E-state index in [-0.39, 0.29) is 0 Å². The maximum atomic E-state index is 5.22. The van der Waals surface area contributed by atoms with E-state index >= 15 is 0 Å². The number of rotatable bonds is 7. The van der Waals surface area contributed by atoms with Crippen molar-refractivity contribution >= 4 is 0 Å². The molecule has 17 heavy (non-hydrogen) atoms. The average molecular weight is 235 g/mol. The largest absolute Gasteiger partial charge is 0.384 e. The van der Waals surface area contributed by atoms with E-state index in [9.17, 15) is 0 Å². The van der Waals surface area contributed by atoms with Gasteiger partial charge in [0.05, 0.1) is 0 Å². The van der Waals surface area contributed by atoms with Crippen LogP contribution in [0, 0.1) is 12.8 Å². The standard InChI is InChI=1S/C15H25NO/c1-5-16-15(10-12(2)11-17-4)14-9-7-6-8-13(14)3/h6-9,12,15-16H,5,10-11H2,1-4H3. The minimum atomic E-state index is 0.436. The molecule has 2 nitrogen and oxygen atoms in total. The summed E-state index contributed by atoms with van der Waals surface area (Å²) in [6.07, 6.45) is 1.12. The Morgan fingerprint density at radius 1 is 1.29 bits per heavy atom. The summed E-state index contributed by atoms with van der Waals surface area (Å²) in [5.74, 6) is 0.573. The van der Waals surface area contributed by atoms with Crippen LogP contribution in [0.2, 0.25) is 0 Å². The Morgan fingerprint density at radius 2 is 2.00 bits per heavy atom. The van der Waals surface area contributed by atoms with Crippen molar-refractivity contribution in [3.63, 3.8) is 0 Å². The van der Waals surface area contributed by atoms with Gasteiger partial charge in [0.1, 0.15) is 0 Å². The normalized spacial score (nSPS) is 14.6. The Morgan fingerprint density at radius 3 is 2.59 bits per heavy atom. The highest BCUT2D eigenvalue weighted by Crippen LogP contribution is 2.24. The highest BCUT2D eigenvalue weighted by atomic mass is 16.5. The summed E-state index contributed by atoms with van der Waals surface area (Å²) in [7, 11) is 1.77. The van der Waals surface area contributed by atoms with E-state index in [0.29, 0.717) is 12.0 Å². The summed E-state index contributed by atoms with van der Waals surface area (Å²) in [6, 6.07) is 9.06. The molecule has 0 saturated heterocycles. The predicted octanol–water partition coefficient (Wildman–Crippen LogP) is 3.32. The zero-order valence-electron chi connectivity index (χ0n) is 11.5. The van der Waals surface area contributed by atoms with Crippen molar-refractivity contribution in [2.75, 3.05) is 20.3 Å². The van der Waals surface area contributed by atoms with E-state index in [2.05, 4.69) is 50.4 Å². The fourth-order valence-corrected chi connectivity index (χ4v) is 2.30. The second kappa shape index (κ2) is 7.46. The monoisotopic (exact) mass is 235 g/mol. The van der Waals surface area contributed by atoms with Crippen LogP contribution < -0.4 is 5.32 Å². The van der Waals surface area contributed by atoms with Crippen LogP contribution in [0.3, 0.4) is 0 Å². The molecule has 0 fully saturated rings. The Labute approximate surface area is 105 Å². The molecule has 1 aromatic rings. The van der Waals surface area contributed by atoms with Gasteiger partial charge in [-0.1, -0.05) is 38.1 Å². The number of hydrogen-bond acceptors (Lipinski definition) is 2. The van der Waals surface area contributed by atoms with E-state index < -0.39 is 0 Å². The second-order valence-electron chi connectivity index (χ2n) is 4.76. The van der Waals surface area contributed by atoms with Crippen LogP contribution in [-0.2, 0) is 4.74 Å². The van der Waals surface area contributed by atoms with Crippen LogP contribution in [0.4, 0.5) is 0 Å². The molecule has 2 atom stereocenters. The van der Waals surface area contributed by atoms with Gasteiger partial charge in [-0.15, -0.1) is 0 Å². The van der Waals surface area contributed by atoms with Gasteiger partial charge >= 0.3 is 0 Å². The zero-order valence-corrected chi connectivity index (χ0v) is 11.5. The lowest BCUT2D eigenvalue weighted by Crippen LogP contribution is -2.24. The predicted molar refractivity (Wildman–Crippen MR) is 73.3 cm³/mol. The summed E-state index contributed by atoms with van der Waals surface area (Å²) in [4.78, 5) is 0. The third-order valence-corrected chi connectivity index (χ3v) is 3.10. The first-order valence-corrected chi connectivity index (χ1v) is 6.46. The fraction of sp³-hybridized carbons (Fsp3) is 0.600. The van der Waals surface area contributed by atoms with Crippen LogP contribution in [0.5, 0.6) is 0 Å². The summed E-state index contributed by atoms with van der Waals surface area (Å²) in [5.41, 5.74) is 2.78. The molecule has 1 aromatic carbocycles. The zero-order chi connectivity index (χ0) is 12.7. The first-order chi connectivity index (χ1) is 8.19. The Kier molecular flexibility index (Phi) is 6.23. The lowest BCUT2D eigenvalue weighted by Gasteiger charge is -2.23. The van der Waals surface area contributed by atoms with E-state index in [0.717, 1.165) is 19.6 Å². The number of aryl methyl sites for hydroxylation is 1. The third-order valence-electron chi connectivity index (χ3n) is 3.10. The molecule has 0 bridgehead atoms. The van der Waals surface area contributed by atoms with Gasteiger partial charge in [0.25, 0.3) is 0 Å². The molecule has 2 unspecified atom stereocenters. The molecule has 0 heterocycles. The summed E-state index contributed by atoms with van der Waals surface area (Å²) in [6.45, 7) is 8.41. The van der Waals surface area contributed by atoms with Crippen molar-refractivity contribution in [1.82, 2.24) is 5.32 Å². The van der Waals surface area contributed by atoms with Crippen LogP contribution in [-0.4, -0.2) is 20.3 Å². The van der Waals surface area contributed by atoms with E-state index in [1.54, 1.807) is 7.11 Å². The molecule has 0 radical (unpaired) electrons. The number of methoxy groups -OCH3 is 1. The molecule has 96 valence electrons. The first-order valence-electron chi connectivity index (χ1n) is 6.46. The van der Waals surface area contributed by atoms with E-state index in [4.69, 9.17) is 4.74 Å². The van der Waals surface area contributed by atoms with Crippen molar-refractivity contribution in [2.24, 2.45) is 5.92 Å². The molecule has 0 aromatic heterocycles. The minimum Gasteiger partial charge on any atom is -0.384 e. The molecule has 0 aliphatic carbocycles. The molecular formula is C15H25NO. The number of ether oxygens (including phenoxy) is 1. The fourth-order valence-electron chi connectivity index (χ4n) is 2.30. The smallest absolute Gasteiger partial charge is 0.0488 e. The van der Waals surface area contributed by atoms with Crippen LogP contribution in [0.15, 0.2) is 24.3 Å². The molecule has 0 saturated carbocycles. The Hall–Kier alpha value is -0.860. The summed E-state index contributed by atoms with van der Waals surface area (Å²) < 4.78 is 5.22. The van der Waals surface area contributed by atoms with Crippen molar-refractivity contribution in [3.8, 4) is 0 Å². The molecule has 2 heteroatoms. The van der Waals surface area contributed by atoms with Crippen molar-refractivity contribution < 1.29 is 4.74 Å². The van der Waals surface area contributed by atoms with E-state index in [1.165, 1.54) is 11.1 Å². The van der Waals surface area contributed by atoms with Crippen molar-refractivity contribution in [2.45, 2.75) is 33.2 Å². The van der Waals surface area contributed by atoms with Gasteiger partial charge in [0, 0.05) is 19.8 Å². The quantitative estimate of drug-likeness (QED) is 0.783. The molecule has 1 rings (SSSR count). The molecule has 0 amide bonds. The van der Waals surface area contributed by atoms with Crippen LogP contribution >= 0.6 is 0 Å². The summed E-state index contributed by atoms with van der Waals surface area (Å²) in [5, 5.41) is 3.57. The maximum Gasteiger partial charge on any atom is 0.0488 e. The van der Waals surface area contributed by atoms with Crippen LogP contribution in [0.25, 0.3) is 0 Å². The first kappa shape index (κ1) is 14.2. The minimum absolute atomic E-state index is 0.436. The highest BCUT2D eigenvalue weighted by Gasteiger charge is 2.15. The number of hydrogen-bond donors (Lipinski definition) is 1. The molecule has 1 N–H and O–H groups in total. The topological polar surface area (TPSA) is 21.3 Å². The van der Waals surface area contributed by atoms with E-state index in [1.807, 2.05) is 0 Å². The molecule has 0 aliphatic heterocycles. The lowest BCUT2D eigenvalue weighted by atomic mass is 9.93. The van der Waals surface area contributed by atoms with Gasteiger partial charge < -0.3 is 10.1 Å². The lowest BCUT2D eigenvalue weighted by molar-refractivity contribution is 0.149. The Balaban J connectivity index is 2.75. The SMILES string of the molecule is CCNC(CC(C)COC)c1ccccc1C. The van der Waals surface area contributed by atoms with Gasteiger partial charge in [-0.25, -0.2) is 0 Å². The van der Waals surface area contributed by atoms with Crippen molar-refractivity contribution in [1.29, 1.82) is 0 Å². The van der Waals surface area contributed by atoms with Crippen molar-refractivity contribution in [3.05, 3.63) is 35.4 Å². The summed E-state index contributed by atoms with van der Waals surface area (Å²) >= 11 is 0. The van der Waals surface area contributed by atoms with Gasteiger partial charge in [-0.3, -0.25) is 0 Å². The maximum absolute atomic E-state index is 5.22. The third kappa shape index (κ3) is 4.49. The van der Waals surface area contributed by atoms with Gasteiger partial charge in [0.2, 0.25) is 0 Å². The number of nitrogens with one attached hydrogen (secondary N) is 1. The number of benzene rings is 1. The second-order valence-corrected chi connectivity index (χ2v) is 4.76. The Bertz CT molecular complexity index is 324. The molecule has 0 spiro atoms. The molecular weight excluding hydrogens is 210 g/mol.